The van der Waals surface area contributed by atoms with E-state index in [0.29, 0.717) is 21.4 Å². The van der Waals surface area contributed by atoms with Gasteiger partial charge in [-0.3, -0.25) is 19.5 Å². The molecule has 0 atom stereocenters. The Kier molecular flexibility index (Phi) is 8.26. The number of hydrogen-bond acceptors (Lipinski definition) is 3. The minimum absolute atomic E-state index is 0.0634. The average Bonchev–Trinajstić information content (AvgIpc) is 3.27. The fourth-order valence-corrected chi connectivity index (χ4v) is 4.16. The van der Waals surface area contributed by atoms with E-state index >= 15 is 0 Å². The molecule has 1 aromatic heterocycles. The van der Waals surface area contributed by atoms with Gasteiger partial charge in [0, 0.05) is 34.0 Å². The van der Waals surface area contributed by atoms with Gasteiger partial charge in [-0.05, 0) is 48.4 Å². The SMILES string of the molecule is CC(C)CN(CC(=O)Nc1nc(-c2ccc(Cl)cc2)cn1-c1cccc(Cl)c1)C(=O)c1ccccc1F. The molecule has 0 fully saturated rings. The van der Waals surface area contributed by atoms with Gasteiger partial charge in [-0.25, -0.2) is 9.37 Å². The van der Waals surface area contributed by atoms with Crippen molar-refractivity contribution < 1.29 is 14.0 Å². The fraction of sp³-hybridized carbons (Fsp3) is 0.179. The number of halogens is 3. The third-order valence-corrected chi connectivity index (χ3v) is 5.98. The molecule has 0 spiro atoms. The largest absolute Gasteiger partial charge is 0.329 e. The minimum atomic E-state index is -0.634. The molecule has 190 valence electrons. The van der Waals surface area contributed by atoms with Crippen LogP contribution < -0.4 is 5.32 Å². The molecule has 0 aliphatic rings. The van der Waals surface area contributed by atoms with Gasteiger partial charge < -0.3 is 4.90 Å². The molecule has 4 rings (SSSR count). The van der Waals surface area contributed by atoms with Crippen LogP contribution in [0, 0.1) is 11.7 Å². The molecule has 9 heteroatoms. The molecule has 4 aromatic rings. The second-order valence-corrected chi connectivity index (χ2v) is 9.79. The van der Waals surface area contributed by atoms with Crippen LogP contribution in [0.15, 0.2) is 79.0 Å². The number of benzene rings is 3. The van der Waals surface area contributed by atoms with E-state index < -0.39 is 17.6 Å². The topological polar surface area (TPSA) is 67.2 Å². The number of hydrogen-bond donors (Lipinski definition) is 1. The third-order valence-electron chi connectivity index (χ3n) is 5.49. The minimum Gasteiger partial charge on any atom is -0.329 e. The molecule has 0 aliphatic carbocycles. The van der Waals surface area contributed by atoms with E-state index in [0.717, 1.165) is 5.56 Å². The quantitative estimate of drug-likeness (QED) is 0.270. The molecule has 2 amide bonds. The fourth-order valence-electron chi connectivity index (χ4n) is 3.85. The molecule has 6 nitrogen and oxygen atoms in total. The van der Waals surface area contributed by atoms with Crippen LogP contribution in [0.2, 0.25) is 10.0 Å². The number of imidazole rings is 1. The van der Waals surface area contributed by atoms with Gasteiger partial charge in [-0.15, -0.1) is 0 Å². The van der Waals surface area contributed by atoms with Gasteiger partial charge in [0.15, 0.2) is 0 Å². The van der Waals surface area contributed by atoms with Gasteiger partial charge in [-0.2, -0.15) is 0 Å². The van der Waals surface area contributed by atoms with E-state index in [4.69, 9.17) is 23.2 Å². The first-order chi connectivity index (χ1) is 17.7. The van der Waals surface area contributed by atoms with Crippen LogP contribution in [0.1, 0.15) is 24.2 Å². The summed E-state index contributed by atoms with van der Waals surface area (Å²) in [5.41, 5.74) is 2.02. The summed E-state index contributed by atoms with van der Waals surface area (Å²) in [5.74, 6) is -1.34. The monoisotopic (exact) mass is 538 g/mol. The molecule has 37 heavy (non-hydrogen) atoms. The molecule has 3 aromatic carbocycles. The molecule has 0 bridgehead atoms. The van der Waals surface area contributed by atoms with Gasteiger partial charge in [0.05, 0.1) is 11.3 Å². The van der Waals surface area contributed by atoms with Crippen LogP contribution in [0.3, 0.4) is 0 Å². The number of nitrogens with zero attached hydrogens (tertiary/aromatic N) is 3. The maximum absolute atomic E-state index is 14.3. The lowest BCUT2D eigenvalue weighted by atomic mass is 10.1. The predicted octanol–water partition coefficient (Wildman–Crippen LogP) is 6.72. The van der Waals surface area contributed by atoms with Crippen LogP contribution >= 0.6 is 23.2 Å². The zero-order valence-electron chi connectivity index (χ0n) is 20.3. The van der Waals surface area contributed by atoms with E-state index in [1.165, 1.54) is 23.1 Å². The Morgan fingerprint density at radius 1 is 1.00 bits per heavy atom. The van der Waals surface area contributed by atoms with E-state index in [1.807, 2.05) is 32.0 Å². The van der Waals surface area contributed by atoms with Crippen LogP contribution in [0.25, 0.3) is 16.9 Å². The van der Waals surface area contributed by atoms with E-state index in [2.05, 4.69) is 10.3 Å². The van der Waals surface area contributed by atoms with Crippen LogP contribution in [0.5, 0.6) is 0 Å². The van der Waals surface area contributed by atoms with Gasteiger partial charge in [0.1, 0.15) is 12.4 Å². The normalized spacial score (nSPS) is 11.0. The molecule has 1 heterocycles. The highest BCUT2D eigenvalue weighted by Gasteiger charge is 2.23. The van der Waals surface area contributed by atoms with Crippen molar-refractivity contribution in [3.63, 3.8) is 0 Å². The zero-order valence-corrected chi connectivity index (χ0v) is 21.8. The van der Waals surface area contributed by atoms with Crippen molar-refractivity contribution in [2.75, 3.05) is 18.4 Å². The molecular formula is C28H25Cl2FN4O2. The highest BCUT2D eigenvalue weighted by Crippen LogP contribution is 2.26. The van der Waals surface area contributed by atoms with Gasteiger partial charge in [0.25, 0.3) is 5.91 Å². The summed E-state index contributed by atoms with van der Waals surface area (Å²) in [5, 5.41) is 3.93. The lowest BCUT2D eigenvalue weighted by Gasteiger charge is -2.24. The summed E-state index contributed by atoms with van der Waals surface area (Å²) >= 11 is 12.2. The third kappa shape index (κ3) is 6.56. The number of aromatic nitrogens is 2. The first-order valence-electron chi connectivity index (χ1n) is 11.7. The maximum Gasteiger partial charge on any atom is 0.257 e. The number of carbonyl (C=O) groups is 2. The number of nitrogens with one attached hydrogen (secondary N) is 1. The highest BCUT2D eigenvalue weighted by atomic mass is 35.5. The molecule has 1 N–H and O–H groups in total. The summed E-state index contributed by atoms with van der Waals surface area (Å²) in [6.45, 7) is 3.84. The van der Waals surface area contributed by atoms with Crippen molar-refractivity contribution >= 4 is 41.0 Å². The summed E-state index contributed by atoms with van der Waals surface area (Å²) in [4.78, 5) is 32.2. The zero-order chi connectivity index (χ0) is 26.5. The second-order valence-electron chi connectivity index (χ2n) is 8.91. The number of carbonyl (C=O) groups excluding carboxylic acids is 2. The van der Waals surface area contributed by atoms with E-state index in [1.54, 1.807) is 47.2 Å². The maximum atomic E-state index is 14.3. The van der Waals surface area contributed by atoms with Crippen molar-refractivity contribution in [1.29, 1.82) is 0 Å². The first-order valence-corrected chi connectivity index (χ1v) is 12.4. The van der Waals surface area contributed by atoms with Crippen LogP contribution in [-0.4, -0.2) is 39.4 Å². The Morgan fingerprint density at radius 3 is 2.41 bits per heavy atom. The molecule has 0 aliphatic heterocycles. The van der Waals surface area contributed by atoms with E-state index in [9.17, 15) is 14.0 Å². The Bertz CT molecular complexity index is 1420. The van der Waals surface area contributed by atoms with Crippen molar-refractivity contribution in [2.24, 2.45) is 5.92 Å². The molecule has 0 saturated carbocycles. The van der Waals surface area contributed by atoms with Crippen molar-refractivity contribution in [3.05, 3.63) is 100 Å². The Morgan fingerprint density at radius 2 is 1.73 bits per heavy atom. The standard InChI is InChI=1S/C28H25Cl2FN4O2/c1-18(2)15-34(27(37)23-8-3-4-9-24(23)31)17-26(36)33-28-32-25(19-10-12-20(29)13-11-19)16-35(28)22-7-5-6-21(30)14-22/h3-14,16,18H,15,17H2,1-2H3,(H,32,33,36). The van der Waals surface area contributed by atoms with Crippen molar-refractivity contribution in [3.8, 4) is 16.9 Å². The predicted molar refractivity (Wildman–Crippen MR) is 145 cm³/mol. The first kappa shape index (κ1) is 26.4. The van der Waals surface area contributed by atoms with Crippen LogP contribution in [0.4, 0.5) is 10.3 Å². The summed E-state index contributed by atoms with van der Waals surface area (Å²) in [7, 11) is 0. The Balaban J connectivity index is 1.63. The summed E-state index contributed by atoms with van der Waals surface area (Å²) in [6.07, 6.45) is 1.78. The number of amides is 2. The molecule has 0 saturated heterocycles. The summed E-state index contributed by atoms with van der Waals surface area (Å²) in [6, 6.07) is 20.0. The number of rotatable bonds is 8. The van der Waals surface area contributed by atoms with Gasteiger partial charge in [0.2, 0.25) is 11.9 Å². The highest BCUT2D eigenvalue weighted by molar-refractivity contribution is 6.31. The second kappa shape index (κ2) is 11.6. The molecular weight excluding hydrogens is 514 g/mol. The smallest absolute Gasteiger partial charge is 0.257 e. The average molecular weight is 539 g/mol. The summed E-state index contributed by atoms with van der Waals surface area (Å²) < 4.78 is 16.0. The van der Waals surface area contributed by atoms with Crippen molar-refractivity contribution in [2.45, 2.75) is 13.8 Å². The Hall–Kier alpha value is -3.68. The molecule has 0 unspecified atom stereocenters. The van der Waals surface area contributed by atoms with Crippen molar-refractivity contribution in [1.82, 2.24) is 14.5 Å². The lowest BCUT2D eigenvalue weighted by molar-refractivity contribution is -0.117. The van der Waals surface area contributed by atoms with E-state index in [-0.39, 0.29) is 30.5 Å². The lowest BCUT2D eigenvalue weighted by Crippen LogP contribution is -2.40. The number of anilines is 1. The van der Waals surface area contributed by atoms with Gasteiger partial charge in [-0.1, -0.05) is 67.4 Å². The molecule has 0 radical (unpaired) electrons. The van der Waals surface area contributed by atoms with Crippen LogP contribution in [-0.2, 0) is 4.79 Å². The van der Waals surface area contributed by atoms with Gasteiger partial charge >= 0.3 is 0 Å². The Labute approximate surface area is 224 Å².